The maximum absolute atomic E-state index is 11.6. The average molecular weight is 353 g/mol. The Morgan fingerprint density at radius 2 is 1.83 bits per heavy atom. The summed E-state index contributed by atoms with van der Waals surface area (Å²) >= 11 is 11.8. The van der Waals surface area contributed by atoms with E-state index in [0.29, 0.717) is 22.3 Å². The maximum Gasteiger partial charge on any atom is 0.317 e. The summed E-state index contributed by atoms with van der Waals surface area (Å²) < 4.78 is 5.38. The van der Waals surface area contributed by atoms with Crippen molar-refractivity contribution in [2.24, 2.45) is 0 Å². The molecule has 0 unspecified atom stereocenters. The molecule has 2 aromatic rings. The molecular formula is C17H18Cl2N2O2. The van der Waals surface area contributed by atoms with Crippen molar-refractivity contribution in [2.45, 2.75) is 12.8 Å². The third-order valence-corrected chi connectivity index (χ3v) is 3.66. The minimum Gasteiger partial charge on any atom is -0.472 e. The van der Waals surface area contributed by atoms with E-state index in [1.807, 2.05) is 18.2 Å². The van der Waals surface area contributed by atoms with Gasteiger partial charge in [-0.1, -0.05) is 53.5 Å². The summed E-state index contributed by atoms with van der Waals surface area (Å²) in [6, 6.07) is 14.8. The lowest BCUT2D eigenvalue weighted by Crippen LogP contribution is -2.38. The summed E-state index contributed by atoms with van der Waals surface area (Å²) in [6.45, 7) is 0.633. The molecule has 0 radical (unpaired) electrons. The molecule has 0 aliphatic carbocycles. The number of rotatable bonds is 7. The topological polar surface area (TPSA) is 50.4 Å². The van der Waals surface area contributed by atoms with Crippen molar-refractivity contribution < 1.29 is 9.53 Å². The van der Waals surface area contributed by atoms with Crippen LogP contribution in [0, 0.1) is 0 Å². The molecule has 2 rings (SSSR count). The highest BCUT2D eigenvalue weighted by Gasteiger charge is 2.03. The molecule has 0 saturated carbocycles. The predicted molar refractivity (Wildman–Crippen MR) is 93.3 cm³/mol. The first-order valence-corrected chi connectivity index (χ1v) is 8.04. The molecule has 0 aliphatic heterocycles. The number of carbonyl (C=O) groups is 1. The molecule has 4 nitrogen and oxygen atoms in total. The van der Waals surface area contributed by atoms with Gasteiger partial charge < -0.3 is 15.4 Å². The second kappa shape index (κ2) is 9.28. The number of hydrogen-bond donors (Lipinski definition) is 2. The van der Waals surface area contributed by atoms with Crippen molar-refractivity contribution in [1.29, 1.82) is 0 Å². The van der Waals surface area contributed by atoms with Gasteiger partial charge in [-0.3, -0.25) is 0 Å². The van der Waals surface area contributed by atoms with Crippen LogP contribution in [-0.2, 0) is 6.42 Å². The van der Waals surface area contributed by atoms with Gasteiger partial charge in [0.1, 0.15) is 5.75 Å². The summed E-state index contributed by atoms with van der Waals surface area (Å²) in [4.78, 5) is 11.6. The Bertz CT molecular complexity index is 636. The number of urea groups is 1. The van der Waals surface area contributed by atoms with E-state index in [0.717, 1.165) is 12.8 Å². The number of benzene rings is 2. The van der Waals surface area contributed by atoms with Gasteiger partial charge in [0, 0.05) is 11.6 Å². The van der Waals surface area contributed by atoms with Crippen LogP contribution in [0.4, 0.5) is 4.79 Å². The monoisotopic (exact) mass is 352 g/mol. The Morgan fingerprint density at radius 1 is 1.04 bits per heavy atom. The SMILES string of the molecule is O=C(NCCCc1ccccc1)NCOc1ccc(Cl)cc1Cl. The molecule has 0 aliphatic rings. The molecule has 0 heterocycles. The fraction of sp³-hybridized carbons (Fsp3) is 0.235. The molecule has 23 heavy (non-hydrogen) atoms. The van der Waals surface area contributed by atoms with Crippen molar-refractivity contribution in [3.63, 3.8) is 0 Å². The highest BCUT2D eigenvalue weighted by atomic mass is 35.5. The second-order valence-corrected chi connectivity index (χ2v) is 5.73. The van der Waals surface area contributed by atoms with Gasteiger partial charge in [-0.2, -0.15) is 0 Å². The maximum atomic E-state index is 11.6. The first-order chi connectivity index (χ1) is 11.1. The minimum atomic E-state index is -0.275. The Labute approximate surface area is 145 Å². The largest absolute Gasteiger partial charge is 0.472 e. The fourth-order valence-corrected chi connectivity index (χ4v) is 2.44. The van der Waals surface area contributed by atoms with Crippen LogP contribution in [-0.4, -0.2) is 19.3 Å². The highest BCUT2D eigenvalue weighted by Crippen LogP contribution is 2.27. The van der Waals surface area contributed by atoms with E-state index in [4.69, 9.17) is 27.9 Å². The third-order valence-electron chi connectivity index (χ3n) is 3.12. The molecule has 0 fully saturated rings. The number of nitrogens with one attached hydrogen (secondary N) is 2. The normalized spacial score (nSPS) is 10.2. The van der Waals surface area contributed by atoms with Crippen molar-refractivity contribution in [1.82, 2.24) is 10.6 Å². The van der Waals surface area contributed by atoms with Crippen molar-refractivity contribution in [2.75, 3.05) is 13.3 Å². The lowest BCUT2D eigenvalue weighted by atomic mass is 10.1. The standard InChI is InChI=1S/C17H18Cl2N2O2/c18-14-8-9-16(15(19)11-14)23-12-21-17(22)20-10-4-7-13-5-2-1-3-6-13/h1-3,5-6,8-9,11H,4,7,10,12H2,(H2,20,21,22). The van der Waals surface area contributed by atoms with E-state index in [2.05, 4.69) is 22.8 Å². The first-order valence-electron chi connectivity index (χ1n) is 7.28. The lowest BCUT2D eigenvalue weighted by molar-refractivity contribution is 0.224. The number of hydrogen-bond acceptors (Lipinski definition) is 2. The molecular weight excluding hydrogens is 335 g/mol. The van der Waals surface area contributed by atoms with Gasteiger partial charge >= 0.3 is 6.03 Å². The highest BCUT2D eigenvalue weighted by molar-refractivity contribution is 6.35. The second-order valence-electron chi connectivity index (χ2n) is 4.89. The van der Waals surface area contributed by atoms with E-state index in [1.54, 1.807) is 18.2 Å². The van der Waals surface area contributed by atoms with Crippen LogP contribution in [0.25, 0.3) is 0 Å². The van der Waals surface area contributed by atoms with E-state index < -0.39 is 0 Å². The number of carbonyl (C=O) groups excluding carboxylic acids is 1. The van der Waals surface area contributed by atoms with Crippen LogP contribution in [0.3, 0.4) is 0 Å². The van der Waals surface area contributed by atoms with Gasteiger partial charge in [-0.15, -0.1) is 0 Å². The van der Waals surface area contributed by atoms with E-state index in [1.165, 1.54) is 5.56 Å². The molecule has 0 aromatic heterocycles. The number of amides is 2. The molecule has 6 heteroatoms. The number of halogens is 2. The lowest BCUT2D eigenvalue weighted by Gasteiger charge is -2.10. The van der Waals surface area contributed by atoms with Crippen molar-refractivity contribution in [3.05, 3.63) is 64.1 Å². The van der Waals surface area contributed by atoms with Gasteiger partial charge in [0.25, 0.3) is 0 Å². The van der Waals surface area contributed by atoms with Crippen LogP contribution in [0.5, 0.6) is 5.75 Å². The summed E-state index contributed by atoms with van der Waals surface area (Å²) in [5.74, 6) is 0.473. The van der Waals surface area contributed by atoms with Crippen molar-refractivity contribution in [3.8, 4) is 5.75 Å². The third kappa shape index (κ3) is 6.38. The van der Waals surface area contributed by atoms with Gasteiger partial charge in [0.15, 0.2) is 6.73 Å². The van der Waals surface area contributed by atoms with E-state index in [-0.39, 0.29) is 12.8 Å². The Balaban J connectivity index is 1.60. The number of ether oxygens (including phenoxy) is 1. The van der Waals surface area contributed by atoms with Crippen LogP contribution in [0.2, 0.25) is 10.0 Å². The van der Waals surface area contributed by atoms with Crippen molar-refractivity contribution >= 4 is 29.2 Å². The quantitative estimate of drug-likeness (QED) is 0.577. The Morgan fingerprint density at radius 3 is 2.57 bits per heavy atom. The van der Waals surface area contributed by atoms with Crippen LogP contribution in [0.15, 0.2) is 48.5 Å². The summed E-state index contributed by atoms with van der Waals surface area (Å²) in [7, 11) is 0. The summed E-state index contributed by atoms with van der Waals surface area (Å²) in [6.07, 6.45) is 1.80. The van der Waals surface area contributed by atoms with Gasteiger partial charge in [-0.25, -0.2) is 4.79 Å². The molecule has 0 atom stereocenters. The molecule has 2 aromatic carbocycles. The van der Waals surface area contributed by atoms with E-state index >= 15 is 0 Å². The first kappa shape index (κ1) is 17.4. The molecule has 0 spiro atoms. The number of aryl methyl sites for hydroxylation is 1. The smallest absolute Gasteiger partial charge is 0.317 e. The molecule has 122 valence electrons. The zero-order valence-electron chi connectivity index (χ0n) is 12.5. The molecule has 2 N–H and O–H groups in total. The Hall–Kier alpha value is -1.91. The zero-order chi connectivity index (χ0) is 16.5. The molecule has 2 amide bonds. The van der Waals surface area contributed by atoms with Gasteiger partial charge in [-0.05, 0) is 36.6 Å². The summed E-state index contributed by atoms with van der Waals surface area (Å²) in [5.41, 5.74) is 1.26. The van der Waals surface area contributed by atoms with Crippen LogP contribution in [0.1, 0.15) is 12.0 Å². The van der Waals surface area contributed by atoms with Gasteiger partial charge in [0.05, 0.1) is 5.02 Å². The Kier molecular flexibility index (Phi) is 7.04. The molecule has 0 bridgehead atoms. The zero-order valence-corrected chi connectivity index (χ0v) is 14.0. The van der Waals surface area contributed by atoms with E-state index in [9.17, 15) is 4.79 Å². The van der Waals surface area contributed by atoms with Gasteiger partial charge in [0.2, 0.25) is 0 Å². The summed E-state index contributed by atoms with van der Waals surface area (Å²) in [5, 5.41) is 6.33. The minimum absolute atomic E-state index is 0.0336. The fourth-order valence-electron chi connectivity index (χ4n) is 1.97. The van der Waals surface area contributed by atoms with Crippen LogP contribution < -0.4 is 15.4 Å². The predicted octanol–water partition coefficient (Wildman–Crippen LogP) is 4.26. The van der Waals surface area contributed by atoms with Crippen LogP contribution >= 0.6 is 23.2 Å². The average Bonchev–Trinajstić information content (AvgIpc) is 2.55. The molecule has 0 saturated heterocycles.